The summed E-state index contributed by atoms with van der Waals surface area (Å²) in [5, 5.41) is 7.78. The van der Waals surface area contributed by atoms with Gasteiger partial charge in [0.15, 0.2) is 0 Å². The Kier molecular flexibility index (Phi) is 1.80. The van der Waals surface area contributed by atoms with Crippen LogP contribution in [-0.4, -0.2) is 10.2 Å². The third-order valence-corrected chi connectivity index (χ3v) is 1.63. The van der Waals surface area contributed by atoms with Gasteiger partial charge in [0.05, 0.1) is 0 Å². The molecule has 0 aliphatic rings. The van der Waals surface area contributed by atoms with Crippen LogP contribution in [0.1, 0.15) is 0 Å². The molecule has 0 atom stereocenters. The fraction of sp³-hybridized carbons (Fsp3) is 0. The van der Waals surface area contributed by atoms with Crippen molar-refractivity contribution in [2.75, 3.05) is 0 Å². The molecule has 2 rings (SSSR count). The first kappa shape index (κ1) is 7.31. The molecule has 0 aliphatic heterocycles. The lowest BCUT2D eigenvalue weighted by Crippen LogP contribution is -1.76. The van der Waals surface area contributed by atoms with Crippen molar-refractivity contribution in [1.29, 1.82) is 0 Å². The molecule has 2 aromatic rings. The average Bonchev–Trinajstić information content (AvgIpc) is 2.56. The minimum atomic E-state index is 0.428. The third-order valence-electron chi connectivity index (χ3n) is 1.40. The normalized spacial score (nSPS) is 10.1. The van der Waals surface area contributed by atoms with Crippen molar-refractivity contribution >= 4 is 11.6 Å². The summed E-state index contributed by atoms with van der Waals surface area (Å²) in [7, 11) is 0. The zero-order valence-electron chi connectivity index (χ0n) is 5.99. The van der Waals surface area contributed by atoms with Gasteiger partial charge in [0.2, 0.25) is 5.89 Å². The fourth-order valence-electron chi connectivity index (χ4n) is 0.888. The van der Waals surface area contributed by atoms with Crippen molar-refractivity contribution in [3.63, 3.8) is 0 Å². The van der Waals surface area contributed by atoms with E-state index in [1.807, 2.05) is 12.1 Å². The standard InChI is InChI=1S/C8H4ClN2O/c9-7-3-1-2-6(4-7)8-11-10-5-12-8/h1-4H. The summed E-state index contributed by atoms with van der Waals surface area (Å²) < 4.78 is 4.87. The molecule has 1 aromatic heterocycles. The molecule has 1 aromatic carbocycles. The van der Waals surface area contributed by atoms with E-state index in [9.17, 15) is 0 Å². The number of nitrogens with zero attached hydrogens (tertiary/aromatic N) is 2. The van der Waals surface area contributed by atoms with Crippen molar-refractivity contribution in [2.24, 2.45) is 0 Å². The Labute approximate surface area is 74.0 Å². The number of hydrogen-bond donors (Lipinski definition) is 0. The molecule has 4 heteroatoms. The third kappa shape index (κ3) is 1.31. The molecule has 1 radical (unpaired) electrons. The van der Waals surface area contributed by atoms with Crippen LogP contribution >= 0.6 is 11.6 Å². The number of hydrogen-bond acceptors (Lipinski definition) is 3. The maximum Gasteiger partial charge on any atom is 0.306 e. The van der Waals surface area contributed by atoms with E-state index in [0.29, 0.717) is 10.9 Å². The first-order valence-corrected chi connectivity index (χ1v) is 3.69. The van der Waals surface area contributed by atoms with Crippen molar-refractivity contribution in [3.8, 4) is 11.5 Å². The van der Waals surface area contributed by atoms with Crippen molar-refractivity contribution in [2.45, 2.75) is 0 Å². The van der Waals surface area contributed by atoms with E-state index in [-0.39, 0.29) is 0 Å². The molecule has 0 aliphatic carbocycles. The summed E-state index contributed by atoms with van der Waals surface area (Å²) >= 11 is 5.76. The highest BCUT2D eigenvalue weighted by atomic mass is 35.5. The summed E-state index contributed by atoms with van der Waals surface area (Å²) in [6.07, 6.45) is 2.27. The molecule has 59 valence electrons. The zero-order valence-corrected chi connectivity index (χ0v) is 6.75. The van der Waals surface area contributed by atoms with E-state index in [0.717, 1.165) is 5.56 Å². The first-order valence-electron chi connectivity index (χ1n) is 3.32. The summed E-state index contributed by atoms with van der Waals surface area (Å²) in [4.78, 5) is 0. The van der Waals surface area contributed by atoms with E-state index in [1.54, 1.807) is 12.1 Å². The summed E-state index contributed by atoms with van der Waals surface area (Å²) in [6.45, 7) is 0. The quantitative estimate of drug-likeness (QED) is 0.674. The summed E-state index contributed by atoms with van der Waals surface area (Å²) in [6, 6.07) is 7.20. The Bertz CT molecular complexity index is 372. The molecule has 0 amide bonds. The van der Waals surface area contributed by atoms with Crippen molar-refractivity contribution in [1.82, 2.24) is 10.2 Å². The molecule has 1 heterocycles. The van der Waals surface area contributed by atoms with Crippen molar-refractivity contribution < 1.29 is 4.42 Å². The minimum Gasteiger partial charge on any atom is -0.412 e. The van der Waals surface area contributed by atoms with Gasteiger partial charge in [-0.2, -0.15) is 0 Å². The molecule has 0 spiro atoms. The predicted octanol–water partition coefficient (Wildman–Crippen LogP) is 2.19. The monoisotopic (exact) mass is 179 g/mol. The van der Waals surface area contributed by atoms with Gasteiger partial charge in [-0.05, 0) is 18.2 Å². The van der Waals surface area contributed by atoms with Crippen LogP contribution in [-0.2, 0) is 0 Å². The molecule has 0 fully saturated rings. The number of benzene rings is 1. The molecule has 12 heavy (non-hydrogen) atoms. The van der Waals surface area contributed by atoms with Gasteiger partial charge in [0.25, 0.3) is 0 Å². The van der Waals surface area contributed by atoms with Crippen LogP contribution in [0.4, 0.5) is 0 Å². The van der Waals surface area contributed by atoms with Gasteiger partial charge in [-0.25, -0.2) is 0 Å². The van der Waals surface area contributed by atoms with E-state index in [2.05, 4.69) is 16.6 Å². The van der Waals surface area contributed by atoms with Gasteiger partial charge in [-0.3, -0.25) is 0 Å². The fourth-order valence-corrected chi connectivity index (χ4v) is 1.08. The summed E-state index contributed by atoms with van der Waals surface area (Å²) in [5.41, 5.74) is 0.802. The SMILES string of the molecule is Clc1cccc(-c2nn[c]o2)c1. The van der Waals surface area contributed by atoms with Crippen molar-refractivity contribution in [3.05, 3.63) is 35.7 Å². The van der Waals surface area contributed by atoms with Gasteiger partial charge in [-0.15, -0.1) is 10.2 Å². The predicted molar refractivity (Wildman–Crippen MR) is 43.6 cm³/mol. The molecule has 0 unspecified atom stereocenters. The molecule has 3 nitrogen and oxygen atoms in total. The van der Waals surface area contributed by atoms with E-state index in [1.165, 1.54) is 0 Å². The maximum absolute atomic E-state index is 5.76. The number of rotatable bonds is 1. The molecular formula is C8H4ClN2O. The molecule has 0 N–H and O–H groups in total. The number of aromatic nitrogens is 2. The first-order chi connectivity index (χ1) is 5.86. The zero-order chi connectivity index (χ0) is 8.39. The number of halogens is 1. The highest BCUT2D eigenvalue weighted by Gasteiger charge is 2.02. The lowest BCUT2D eigenvalue weighted by atomic mass is 10.2. The van der Waals surface area contributed by atoms with Gasteiger partial charge < -0.3 is 4.42 Å². The maximum atomic E-state index is 5.76. The average molecular weight is 180 g/mol. The van der Waals surface area contributed by atoms with E-state index in [4.69, 9.17) is 16.0 Å². The lowest BCUT2D eigenvalue weighted by molar-refractivity contribution is 0.559. The smallest absolute Gasteiger partial charge is 0.306 e. The van der Waals surface area contributed by atoms with Crippen LogP contribution in [0.15, 0.2) is 28.7 Å². The van der Waals surface area contributed by atoms with Crippen LogP contribution in [0.3, 0.4) is 0 Å². The van der Waals surface area contributed by atoms with E-state index >= 15 is 0 Å². The van der Waals surface area contributed by atoms with Gasteiger partial charge in [0, 0.05) is 10.6 Å². The second-order valence-electron chi connectivity index (χ2n) is 2.21. The van der Waals surface area contributed by atoms with Crippen LogP contribution in [0.5, 0.6) is 0 Å². The van der Waals surface area contributed by atoms with Gasteiger partial charge in [0.1, 0.15) is 0 Å². The Morgan fingerprint density at radius 3 is 3.00 bits per heavy atom. The van der Waals surface area contributed by atoms with Crippen LogP contribution in [0.2, 0.25) is 5.02 Å². The highest BCUT2D eigenvalue weighted by molar-refractivity contribution is 6.30. The van der Waals surface area contributed by atoms with Gasteiger partial charge >= 0.3 is 6.39 Å². The van der Waals surface area contributed by atoms with Gasteiger partial charge in [-0.1, -0.05) is 17.7 Å². The molecule has 0 saturated heterocycles. The topological polar surface area (TPSA) is 38.9 Å². The Morgan fingerprint density at radius 1 is 1.42 bits per heavy atom. The Hall–Kier alpha value is -1.35. The second-order valence-corrected chi connectivity index (χ2v) is 2.65. The minimum absolute atomic E-state index is 0.428. The Morgan fingerprint density at radius 2 is 2.33 bits per heavy atom. The molecule has 0 saturated carbocycles. The Balaban J connectivity index is 2.48. The van der Waals surface area contributed by atoms with E-state index < -0.39 is 0 Å². The molecule has 0 bridgehead atoms. The largest absolute Gasteiger partial charge is 0.412 e. The highest BCUT2D eigenvalue weighted by Crippen LogP contribution is 2.19. The van der Waals surface area contributed by atoms with Crippen LogP contribution < -0.4 is 0 Å². The van der Waals surface area contributed by atoms with Crippen LogP contribution in [0, 0.1) is 6.39 Å². The van der Waals surface area contributed by atoms with Crippen LogP contribution in [0.25, 0.3) is 11.5 Å². The lowest BCUT2D eigenvalue weighted by Gasteiger charge is -1.93. The molecular weight excluding hydrogens is 176 g/mol. The summed E-state index contributed by atoms with van der Waals surface area (Å²) in [5.74, 6) is 0.428. The second kappa shape index (κ2) is 2.95.